The first kappa shape index (κ1) is 29.0. The molecule has 2 aliphatic heterocycles. The lowest BCUT2D eigenvalue weighted by Gasteiger charge is -2.37. The van der Waals surface area contributed by atoms with Crippen molar-refractivity contribution in [1.82, 2.24) is 9.55 Å². The second kappa shape index (κ2) is 11.1. The van der Waals surface area contributed by atoms with Crippen molar-refractivity contribution in [2.75, 3.05) is 7.11 Å². The van der Waals surface area contributed by atoms with Crippen LogP contribution in [0.15, 0.2) is 15.8 Å². The predicted molar refractivity (Wildman–Crippen MR) is 126 cm³/mol. The van der Waals surface area contributed by atoms with Gasteiger partial charge in [-0.3, -0.25) is 23.9 Å². The fourth-order valence-corrected chi connectivity index (χ4v) is 4.08. The summed E-state index contributed by atoms with van der Waals surface area (Å²) in [5, 5.41) is 0. The Morgan fingerprint density at radius 2 is 1.74 bits per heavy atom. The Morgan fingerprint density at radius 3 is 2.29 bits per heavy atom. The summed E-state index contributed by atoms with van der Waals surface area (Å²) in [5.74, 6) is -3.11. The molecule has 0 amide bonds. The Bertz CT molecular complexity index is 1210. The molecular formula is C24H32N2O12. The Hall–Kier alpha value is -3.52. The number of rotatable bonds is 6. The number of aromatic amines is 1. The van der Waals surface area contributed by atoms with Crippen LogP contribution in [0.1, 0.15) is 64.5 Å². The van der Waals surface area contributed by atoms with Gasteiger partial charge < -0.3 is 28.4 Å². The van der Waals surface area contributed by atoms with E-state index in [0.29, 0.717) is 0 Å². The van der Waals surface area contributed by atoms with Crippen molar-refractivity contribution in [1.29, 1.82) is 0 Å². The van der Waals surface area contributed by atoms with Crippen LogP contribution in [0.25, 0.3) is 0 Å². The molecule has 1 aromatic rings. The molecule has 1 N–H and O–H groups in total. The van der Waals surface area contributed by atoms with E-state index in [1.165, 1.54) is 6.92 Å². The maximum absolute atomic E-state index is 12.9. The molecule has 0 spiro atoms. The number of aromatic nitrogens is 2. The van der Waals surface area contributed by atoms with E-state index >= 15 is 0 Å². The van der Waals surface area contributed by atoms with Crippen molar-refractivity contribution in [2.45, 2.75) is 90.8 Å². The summed E-state index contributed by atoms with van der Waals surface area (Å²) >= 11 is 0. The standard InChI is InChI=1S/C24H32N2O12/c1-10(2)34-21(30)14-8-13(35-11(3)27)15-16(36-14)17(38-22(31)24(4,5)6)19(37-15)26-9-12(20(29)33-7)18(28)25-23(26)32/h9-10,13-17,19H,8H2,1-7H3,(H,25,28,32)/t13-,14+,15-,16-,17-,19-/m1/s1. The Balaban J connectivity index is 2.12. The maximum atomic E-state index is 12.9. The topological polar surface area (TPSA) is 179 Å². The minimum absolute atomic E-state index is 0.132. The highest BCUT2D eigenvalue weighted by Crippen LogP contribution is 2.41. The number of fused-ring (bicyclic) bond motifs is 1. The third-order valence-corrected chi connectivity index (χ3v) is 5.79. The molecule has 38 heavy (non-hydrogen) atoms. The minimum Gasteiger partial charge on any atom is -0.465 e. The zero-order chi connectivity index (χ0) is 28.5. The van der Waals surface area contributed by atoms with Crippen molar-refractivity contribution in [2.24, 2.45) is 5.41 Å². The molecular weight excluding hydrogens is 508 g/mol. The molecule has 14 nitrogen and oxygen atoms in total. The van der Waals surface area contributed by atoms with Crippen LogP contribution in [-0.4, -0.2) is 77.2 Å². The average Bonchev–Trinajstić information content (AvgIpc) is 3.15. The number of methoxy groups -OCH3 is 1. The van der Waals surface area contributed by atoms with Crippen LogP contribution < -0.4 is 11.2 Å². The monoisotopic (exact) mass is 540 g/mol. The van der Waals surface area contributed by atoms with Crippen LogP contribution in [0, 0.1) is 5.41 Å². The Labute approximate surface area is 217 Å². The average molecular weight is 541 g/mol. The van der Waals surface area contributed by atoms with Gasteiger partial charge in [-0.25, -0.2) is 14.4 Å². The first-order chi connectivity index (χ1) is 17.6. The molecule has 1 aromatic heterocycles. The normalized spacial score (nSPS) is 26.8. The summed E-state index contributed by atoms with van der Waals surface area (Å²) < 4.78 is 33.9. The molecule has 2 saturated heterocycles. The summed E-state index contributed by atoms with van der Waals surface area (Å²) in [6.07, 6.45) is -7.04. The van der Waals surface area contributed by atoms with Crippen LogP contribution in [-0.2, 0) is 42.8 Å². The summed E-state index contributed by atoms with van der Waals surface area (Å²) in [6.45, 7) is 9.28. The first-order valence-electron chi connectivity index (χ1n) is 12.0. The highest BCUT2D eigenvalue weighted by molar-refractivity contribution is 5.88. The van der Waals surface area contributed by atoms with E-state index < -0.39 is 89.0 Å². The number of ether oxygens (including phenoxy) is 6. The molecule has 14 heteroatoms. The molecule has 0 aliphatic carbocycles. The SMILES string of the molecule is COC(=O)c1cn([C@@H]2O[C@H]3[C@@H](O[C@H](C(=O)OC(C)C)C[C@H]3OC(C)=O)[C@H]2OC(=O)C(C)(C)C)c(=O)[nH]c1=O. The highest BCUT2D eigenvalue weighted by Gasteiger charge is 2.58. The van der Waals surface area contributed by atoms with Crippen LogP contribution in [0.5, 0.6) is 0 Å². The molecule has 0 saturated carbocycles. The minimum atomic E-state index is -1.44. The van der Waals surface area contributed by atoms with Gasteiger partial charge in [-0.05, 0) is 34.6 Å². The van der Waals surface area contributed by atoms with Crippen LogP contribution in [0.2, 0.25) is 0 Å². The fourth-order valence-electron chi connectivity index (χ4n) is 4.08. The number of carbonyl (C=O) groups excluding carboxylic acids is 4. The lowest BCUT2D eigenvalue weighted by molar-refractivity contribution is -0.205. The van der Waals surface area contributed by atoms with Crippen molar-refractivity contribution in [3.8, 4) is 0 Å². The first-order valence-corrected chi connectivity index (χ1v) is 12.0. The van der Waals surface area contributed by atoms with Gasteiger partial charge >= 0.3 is 29.6 Å². The van der Waals surface area contributed by atoms with Crippen LogP contribution >= 0.6 is 0 Å². The summed E-state index contributed by atoms with van der Waals surface area (Å²) in [6, 6.07) is 0. The molecule has 3 rings (SSSR count). The van der Waals surface area contributed by atoms with Crippen LogP contribution in [0.3, 0.4) is 0 Å². The Kier molecular flexibility index (Phi) is 8.46. The van der Waals surface area contributed by atoms with E-state index in [9.17, 15) is 28.8 Å². The van der Waals surface area contributed by atoms with Gasteiger partial charge in [-0.15, -0.1) is 0 Å². The van der Waals surface area contributed by atoms with E-state index in [4.69, 9.17) is 23.7 Å². The summed E-state index contributed by atoms with van der Waals surface area (Å²) in [4.78, 5) is 76.7. The van der Waals surface area contributed by atoms with Gasteiger partial charge in [0.25, 0.3) is 5.56 Å². The molecule has 6 atom stereocenters. The largest absolute Gasteiger partial charge is 0.465 e. The third kappa shape index (κ3) is 6.13. The molecule has 0 bridgehead atoms. The van der Waals surface area contributed by atoms with Crippen molar-refractivity contribution < 1.29 is 47.6 Å². The van der Waals surface area contributed by atoms with Gasteiger partial charge in [0.1, 0.15) is 23.9 Å². The zero-order valence-corrected chi connectivity index (χ0v) is 22.2. The molecule has 0 unspecified atom stereocenters. The maximum Gasteiger partial charge on any atom is 0.345 e. The quantitative estimate of drug-likeness (QED) is 0.384. The van der Waals surface area contributed by atoms with E-state index in [1.807, 2.05) is 4.98 Å². The van der Waals surface area contributed by atoms with Crippen molar-refractivity contribution in [3.05, 3.63) is 32.6 Å². The van der Waals surface area contributed by atoms with Crippen molar-refractivity contribution >= 4 is 23.9 Å². The van der Waals surface area contributed by atoms with Crippen molar-refractivity contribution in [3.63, 3.8) is 0 Å². The molecule has 3 heterocycles. The van der Waals surface area contributed by atoms with E-state index in [1.54, 1.807) is 34.6 Å². The number of nitrogens with zero attached hydrogens (tertiary/aromatic N) is 1. The highest BCUT2D eigenvalue weighted by atomic mass is 16.7. The van der Waals surface area contributed by atoms with Gasteiger partial charge in [0.15, 0.2) is 18.4 Å². The molecule has 0 radical (unpaired) electrons. The molecule has 2 aliphatic rings. The number of nitrogens with one attached hydrogen (secondary N) is 1. The lowest BCUT2D eigenvalue weighted by atomic mass is 9.94. The second-order valence-corrected chi connectivity index (χ2v) is 10.3. The smallest absolute Gasteiger partial charge is 0.345 e. The Morgan fingerprint density at radius 1 is 1.08 bits per heavy atom. The van der Waals surface area contributed by atoms with Crippen LogP contribution in [0.4, 0.5) is 0 Å². The third-order valence-electron chi connectivity index (χ3n) is 5.79. The predicted octanol–water partition coefficient (Wildman–Crippen LogP) is 0.219. The number of esters is 4. The van der Waals surface area contributed by atoms with E-state index in [0.717, 1.165) is 17.9 Å². The van der Waals surface area contributed by atoms with Gasteiger partial charge in [-0.2, -0.15) is 0 Å². The zero-order valence-electron chi connectivity index (χ0n) is 22.2. The molecule has 2 fully saturated rings. The number of hydrogen-bond acceptors (Lipinski definition) is 12. The second-order valence-electron chi connectivity index (χ2n) is 10.3. The van der Waals surface area contributed by atoms with Gasteiger partial charge in [0.05, 0.1) is 18.6 Å². The van der Waals surface area contributed by atoms with Gasteiger partial charge in [-0.1, -0.05) is 0 Å². The summed E-state index contributed by atoms with van der Waals surface area (Å²) in [5.41, 5.74) is -3.48. The lowest BCUT2D eigenvalue weighted by Crippen LogP contribution is -2.54. The molecule has 0 aromatic carbocycles. The molecule has 210 valence electrons. The van der Waals surface area contributed by atoms with Gasteiger partial charge in [0, 0.05) is 19.5 Å². The van der Waals surface area contributed by atoms with Gasteiger partial charge in [0.2, 0.25) is 0 Å². The van der Waals surface area contributed by atoms with E-state index in [2.05, 4.69) is 4.74 Å². The number of carbonyl (C=O) groups is 4. The number of H-pyrrole nitrogens is 1. The fraction of sp³-hybridized carbons (Fsp3) is 0.667. The summed E-state index contributed by atoms with van der Waals surface area (Å²) in [7, 11) is 1.06. The van der Waals surface area contributed by atoms with E-state index in [-0.39, 0.29) is 6.42 Å². The number of hydrogen-bond donors (Lipinski definition) is 1.